The molecule has 0 amide bonds. The van der Waals surface area contributed by atoms with Crippen molar-refractivity contribution in [2.24, 2.45) is 11.7 Å². The van der Waals surface area contributed by atoms with E-state index in [1.165, 1.54) is 12.8 Å². The molecule has 1 aromatic rings. The summed E-state index contributed by atoms with van der Waals surface area (Å²) >= 11 is 3.44. The SMILES string of the molecule is Cc1ccc(Br)c([C@H](N)C2CC2)c1O.Cl. The van der Waals surface area contributed by atoms with Crippen LogP contribution in [0.25, 0.3) is 0 Å². The summed E-state index contributed by atoms with van der Waals surface area (Å²) in [5.74, 6) is 0.901. The van der Waals surface area contributed by atoms with Gasteiger partial charge in [0, 0.05) is 16.1 Å². The molecule has 0 unspecified atom stereocenters. The van der Waals surface area contributed by atoms with Crippen molar-refractivity contribution >= 4 is 28.3 Å². The fraction of sp³-hybridized carbons (Fsp3) is 0.455. The highest BCUT2D eigenvalue weighted by Crippen LogP contribution is 2.45. The van der Waals surface area contributed by atoms with Crippen molar-refractivity contribution < 1.29 is 5.11 Å². The van der Waals surface area contributed by atoms with E-state index in [1.807, 2.05) is 19.1 Å². The lowest BCUT2D eigenvalue weighted by atomic mass is 10.00. The van der Waals surface area contributed by atoms with Crippen molar-refractivity contribution in [1.82, 2.24) is 0 Å². The zero-order chi connectivity index (χ0) is 10.3. The van der Waals surface area contributed by atoms with Gasteiger partial charge < -0.3 is 10.8 Å². The number of phenols is 1. The van der Waals surface area contributed by atoms with Crippen molar-refractivity contribution in [2.75, 3.05) is 0 Å². The molecule has 1 saturated carbocycles. The van der Waals surface area contributed by atoms with Crippen LogP contribution in [0.15, 0.2) is 16.6 Å². The summed E-state index contributed by atoms with van der Waals surface area (Å²) in [6, 6.07) is 3.82. The summed E-state index contributed by atoms with van der Waals surface area (Å²) in [6.45, 7) is 1.89. The van der Waals surface area contributed by atoms with Crippen LogP contribution in [0.3, 0.4) is 0 Å². The summed E-state index contributed by atoms with van der Waals surface area (Å²) in [5, 5.41) is 9.92. The smallest absolute Gasteiger partial charge is 0.124 e. The summed E-state index contributed by atoms with van der Waals surface area (Å²) in [6.07, 6.45) is 2.36. The molecule has 1 aliphatic carbocycles. The molecule has 2 nitrogen and oxygen atoms in total. The summed E-state index contributed by atoms with van der Waals surface area (Å²) in [5.41, 5.74) is 7.84. The number of rotatable bonds is 2. The molecule has 0 saturated heterocycles. The Kier molecular flexibility index (Phi) is 4.04. The van der Waals surface area contributed by atoms with Crippen LogP contribution in [-0.2, 0) is 0 Å². The minimum Gasteiger partial charge on any atom is -0.507 e. The van der Waals surface area contributed by atoms with Crippen molar-refractivity contribution in [3.05, 3.63) is 27.7 Å². The van der Waals surface area contributed by atoms with Crippen molar-refractivity contribution in [3.8, 4) is 5.75 Å². The molecule has 15 heavy (non-hydrogen) atoms. The Labute approximate surface area is 104 Å². The van der Waals surface area contributed by atoms with E-state index in [9.17, 15) is 5.11 Å². The second kappa shape index (κ2) is 4.73. The van der Waals surface area contributed by atoms with E-state index in [2.05, 4.69) is 15.9 Å². The van der Waals surface area contributed by atoms with Gasteiger partial charge in [-0.05, 0) is 37.3 Å². The van der Waals surface area contributed by atoms with Gasteiger partial charge in [-0.3, -0.25) is 0 Å². The summed E-state index contributed by atoms with van der Waals surface area (Å²) in [7, 11) is 0. The molecule has 1 aliphatic rings. The Balaban J connectivity index is 0.00000112. The predicted molar refractivity (Wildman–Crippen MR) is 67.4 cm³/mol. The van der Waals surface area contributed by atoms with Gasteiger partial charge in [0.2, 0.25) is 0 Å². The Morgan fingerprint density at radius 3 is 2.60 bits per heavy atom. The molecule has 0 radical (unpaired) electrons. The van der Waals surface area contributed by atoms with Gasteiger partial charge in [-0.25, -0.2) is 0 Å². The standard InChI is InChI=1S/C11H14BrNO.ClH/c1-6-2-5-8(12)9(11(6)14)10(13)7-3-4-7;/h2,5,7,10,14H,3-4,13H2,1H3;1H/t10-;/m1./s1. The third-order valence-electron chi connectivity index (χ3n) is 2.83. The van der Waals surface area contributed by atoms with Crippen LogP contribution in [0.5, 0.6) is 5.75 Å². The molecule has 4 heteroatoms. The van der Waals surface area contributed by atoms with Gasteiger partial charge in [-0.15, -0.1) is 12.4 Å². The number of hydrogen-bond acceptors (Lipinski definition) is 2. The maximum absolute atomic E-state index is 9.92. The summed E-state index contributed by atoms with van der Waals surface area (Å²) < 4.78 is 0.917. The van der Waals surface area contributed by atoms with Gasteiger partial charge in [0.25, 0.3) is 0 Å². The number of nitrogens with two attached hydrogens (primary N) is 1. The molecule has 0 bridgehead atoms. The van der Waals surface area contributed by atoms with Gasteiger partial charge in [0.1, 0.15) is 5.75 Å². The van der Waals surface area contributed by atoms with Gasteiger partial charge in [0.05, 0.1) is 0 Å². The Bertz CT molecular complexity index is 366. The van der Waals surface area contributed by atoms with E-state index in [0.717, 1.165) is 15.6 Å². The molecule has 1 atom stereocenters. The molecule has 3 N–H and O–H groups in total. The molecule has 0 aliphatic heterocycles. The monoisotopic (exact) mass is 291 g/mol. The van der Waals surface area contributed by atoms with Crippen LogP contribution >= 0.6 is 28.3 Å². The minimum atomic E-state index is -0.0238. The van der Waals surface area contributed by atoms with Gasteiger partial charge in [-0.2, -0.15) is 0 Å². The Morgan fingerprint density at radius 1 is 1.47 bits per heavy atom. The Morgan fingerprint density at radius 2 is 2.07 bits per heavy atom. The quantitative estimate of drug-likeness (QED) is 0.878. The van der Waals surface area contributed by atoms with Crippen LogP contribution in [0.4, 0.5) is 0 Å². The molecule has 84 valence electrons. The fourth-order valence-electron chi connectivity index (χ4n) is 1.70. The van der Waals surface area contributed by atoms with Gasteiger partial charge >= 0.3 is 0 Å². The number of hydrogen-bond donors (Lipinski definition) is 2. The van der Waals surface area contributed by atoms with Gasteiger partial charge in [0.15, 0.2) is 0 Å². The second-order valence-corrected chi connectivity index (χ2v) is 4.84. The number of aryl methyl sites for hydroxylation is 1. The molecule has 2 rings (SSSR count). The van der Waals surface area contributed by atoms with Crippen LogP contribution < -0.4 is 5.73 Å². The van der Waals surface area contributed by atoms with E-state index < -0.39 is 0 Å². The maximum Gasteiger partial charge on any atom is 0.124 e. The Hall–Kier alpha value is -0.250. The first-order valence-corrected chi connectivity index (χ1v) is 5.64. The van der Waals surface area contributed by atoms with Crippen molar-refractivity contribution in [1.29, 1.82) is 0 Å². The molecule has 0 aromatic heterocycles. The zero-order valence-electron chi connectivity index (χ0n) is 8.53. The highest BCUT2D eigenvalue weighted by molar-refractivity contribution is 9.10. The average Bonchev–Trinajstić information content (AvgIpc) is 2.95. The normalized spacial score (nSPS) is 17.0. The van der Waals surface area contributed by atoms with E-state index in [4.69, 9.17) is 5.73 Å². The topological polar surface area (TPSA) is 46.2 Å². The predicted octanol–water partition coefficient (Wildman–Crippen LogP) is 3.29. The fourth-order valence-corrected chi connectivity index (χ4v) is 2.28. The molecule has 1 aromatic carbocycles. The molecule has 0 spiro atoms. The number of halogens is 2. The first-order chi connectivity index (χ1) is 6.61. The first-order valence-electron chi connectivity index (χ1n) is 4.85. The highest BCUT2D eigenvalue weighted by atomic mass is 79.9. The lowest BCUT2D eigenvalue weighted by molar-refractivity contribution is 0.451. The van der Waals surface area contributed by atoms with Crippen LogP contribution in [-0.4, -0.2) is 5.11 Å². The third kappa shape index (κ3) is 2.47. The lowest BCUT2D eigenvalue weighted by Crippen LogP contribution is -2.13. The lowest BCUT2D eigenvalue weighted by Gasteiger charge is -2.16. The summed E-state index contributed by atoms with van der Waals surface area (Å²) in [4.78, 5) is 0. The average molecular weight is 293 g/mol. The number of benzene rings is 1. The van der Waals surface area contributed by atoms with Crippen LogP contribution in [0.2, 0.25) is 0 Å². The van der Waals surface area contributed by atoms with E-state index >= 15 is 0 Å². The molecular formula is C11H15BrClNO. The highest BCUT2D eigenvalue weighted by Gasteiger charge is 2.32. The van der Waals surface area contributed by atoms with E-state index in [-0.39, 0.29) is 18.4 Å². The van der Waals surface area contributed by atoms with Crippen LogP contribution in [0.1, 0.15) is 30.0 Å². The third-order valence-corrected chi connectivity index (χ3v) is 3.52. The second-order valence-electron chi connectivity index (χ2n) is 3.99. The van der Waals surface area contributed by atoms with E-state index in [0.29, 0.717) is 11.7 Å². The zero-order valence-corrected chi connectivity index (χ0v) is 10.9. The molecule has 0 heterocycles. The largest absolute Gasteiger partial charge is 0.507 e. The van der Waals surface area contributed by atoms with Crippen molar-refractivity contribution in [3.63, 3.8) is 0 Å². The minimum absolute atomic E-state index is 0. The van der Waals surface area contributed by atoms with Gasteiger partial charge in [-0.1, -0.05) is 22.0 Å². The number of phenolic OH excluding ortho intramolecular Hbond substituents is 1. The molecular weight excluding hydrogens is 277 g/mol. The molecule has 1 fully saturated rings. The first kappa shape index (κ1) is 12.8. The van der Waals surface area contributed by atoms with Crippen molar-refractivity contribution in [2.45, 2.75) is 25.8 Å². The number of aromatic hydroxyl groups is 1. The van der Waals surface area contributed by atoms with E-state index in [1.54, 1.807) is 0 Å². The van der Waals surface area contributed by atoms with Crippen LogP contribution in [0, 0.1) is 12.8 Å². The maximum atomic E-state index is 9.92.